The third-order valence-corrected chi connectivity index (χ3v) is 5.15. The van der Waals surface area contributed by atoms with Crippen LogP contribution in [-0.4, -0.2) is 12.9 Å². The second-order valence-corrected chi connectivity index (χ2v) is 5.97. The number of fused-ring (bicyclic) bond motifs is 4. The first kappa shape index (κ1) is 12.7. The van der Waals surface area contributed by atoms with E-state index in [1.807, 2.05) is 6.07 Å². The van der Waals surface area contributed by atoms with Crippen LogP contribution < -0.4 is 4.74 Å². The van der Waals surface area contributed by atoms with E-state index in [0.717, 1.165) is 31.4 Å². The van der Waals surface area contributed by atoms with Gasteiger partial charge in [0.1, 0.15) is 11.5 Å². The van der Waals surface area contributed by atoms with E-state index in [2.05, 4.69) is 19.1 Å². The Hall–Kier alpha value is -1.31. The van der Waals surface area contributed by atoms with Crippen molar-refractivity contribution < 1.29 is 9.53 Å². The van der Waals surface area contributed by atoms with E-state index in [-0.39, 0.29) is 11.3 Å². The summed E-state index contributed by atoms with van der Waals surface area (Å²) in [5.74, 6) is 1.62. The molecule has 1 aromatic carbocycles. The number of carbonyl (C=O) groups is 1. The van der Waals surface area contributed by atoms with Crippen molar-refractivity contribution in [3.8, 4) is 5.75 Å². The number of carbonyl (C=O) groups excluding carboxylic acids is 1. The summed E-state index contributed by atoms with van der Waals surface area (Å²) in [5.41, 5.74) is 2.38. The Morgan fingerprint density at radius 1 is 1.37 bits per heavy atom. The van der Waals surface area contributed by atoms with E-state index in [4.69, 9.17) is 4.74 Å². The van der Waals surface area contributed by atoms with Crippen LogP contribution in [0.1, 0.15) is 50.2 Å². The predicted octanol–water partition coefficient (Wildman–Crippen LogP) is 3.66. The quantitative estimate of drug-likeness (QED) is 0.809. The highest BCUT2D eigenvalue weighted by Gasteiger charge is 2.47. The molecule has 2 nitrogen and oxygen atoms in total. The third-order valence-electron chi connectivity index (χ3n) is 5.15. The fraction of sp³-hybridized carbons (Fsp3) is 0.588. The maximum absolute atomic E-state index is 12.9. The minimum absolute atomic E-state index is 0.233. The van der Waals surface area contributed by atoms with Gasteiger partial charge in [-0.15, -0.1) is 0 Å². The van der Waals surface area contributed by atoms with Crippen LogP contribution in [-0.2, 0) is 16.6 Å². The number of ketones is 1. The van der Waals surface area contributed by atoms with E-state index < -0.39 is 0 Å². The normalized spacial score (nSPS) is 29.6. The zero-order valence-corrected chi connectivity index (χ0v) is 11.9. The number of rotatable bonds is 2. The molecular formula is C17H22O2. The molecule has 0 spiro atoms. The van der Waals surface area contributed by atoms with Crippen LogP contribution in [0.3, 0.4) is 0 Å². The Morgan fingerprint density at radius 2 is 2.21 bits per heavy atom. The lowest BCUT2D eigenvalue weighted by molar-refractivity contribution is -0.129. The zero-order chi connectivity index (χ0) is 13.5. The molecule has 102 valence electrons. The van der Waals surface area contributed by atoms with Gasteiger partial charge in [-0.25, -0.2) is 0 Å². The molecule has 0 aliphatic heterocycles. The van der Waals surface area contributed by atoms with Gasteiger partial charge >= 0.3 is 0 Å². The van der Waals surface area contributed by atoms with E-state index in [1.54, 1.807) is 7.11 Å². The average molecular weight is 258 g/mol. The zero-order valence-electron chi connectivity index (χ0n) is 11.9. The maximum atomic E-state index is 12.9. The number of hydrogen-bond donors (Lipinski definition) is 0. The molecular weight excluding hydrogens is 236 g/mol. The van der Waals surface area contributed by atoms with Crippen LogP contribution in [0.4, 0.5) is 0 Å². The van der Waals surface area contributed by atoms with E-state index in [0.29, 0.717) is 5.78 Å². The molecule has 2 atom stereocenters. The van der Waals surface area contributed by atoms with E-state index >= 15 is 0 Å². The molecule has 0 aromatic heterocycles. The summed E-state index contributed by atoms with van der Waals surface area (Å²) in [6.07, 6.45) is 6.31. The van der Waals surface area contributed by atoms with Gasteiger partial charge in [0.15, 0.2) is 0 Å². The molecule has 1 saturated carbocycles. The number of methoxy groups -OCH3 is 1. The van der Waals surface area contributed by atoms with Gasteiger partial charge in [-0.2, -0.15) is 0 Å². The SMILES string of the molecule is CCC12CCCCC(Cc3ccc(OC)cc31)C2=O. The molecule has 0 radical (unpaired) electrons. The monoisotopic (exact) mass is 258 g/mol. The molecule has 0 N–H and O–H groups in total. The molecule has 0 amide bonds. The largest absolute Gasteiger partial charge is 0.497 e. The minimum atomic E-state index is -0.233. The van der Waals surface area contributed by atoms with Crippen molar-refractivity contribution in [2.75, 3.05) is 7.11 Å². The Balaban J connectivity index is 2.19. The van der Waals surface area contributed by atoms with E-state index in [1.165, 1.54) is 24.0 Å². The van der Waals surface area contributed by atoms with Gasteiger partial charge in [-0.3, -0.25) is 4.79 Å². The van der Waals surface area contributed by atoms with Crippen molar-refractivity contribution in [2.45, 2.75) is 50.9 Å². The molecule has 0 saturated heterocycles. The van der Waals surface area contributed by atoms with Crippen LogP contribution in [0.2, 0.25) is 0 Å². The lowest BCUT2D eigenvalue weighted by Crippen LogP contribution is -2.43. The first-order chi connectivity index (χ1) is 9.21. The van der Waals surface area contributed by atoms with Crippen molar-refractivity contribution in [2.24, 2.45) is 5.92 Å². The van der Waals surface area contributed by atoms with Crippen LogP contribution in [0.5, 0.6) is 5.75 Å². The van der Waals surface area contributed by atoms with Gasteiger partial charge in [0.25, 0.3) is 0 Å². The minimum Gasteiger partial charge on any atom is -0.497 e. The predicted molar refractivity (Wildman–Crippen MR) is 75.6 cm³/mol. The van der Waals surface area contributed by atoms with Gasteiger partial charge in [0.2, 0.25) is 0 Å². The standard InChI is InChI=1S/C17H22O2/c1-3-17-9-5-4-6-13(16(17)18)10-12-7-8-14(19-2)11-15(12)17/h7-8,11,13H,3-6,9-10H2,1-2H3. The third kappa shape index (κ3) is 1.80. The number of benzene rings is 1. The van der Waals surface area contributed by atoms with Crippen molar-refractivity contribution in [1.82, 2.24) is 0 Å². The lowest BCUT2D eigenvalue weighted by atomic mass is 9.63. The summed E-state index contributed by atoms with van der Waals surface area (Å²) in [6.45, 7) is 2.16. The van der Waals surface area contributed by atoms with Gasteiger partial charge in [-0.1, -0.05) is 25.8 Å². The van der Waals surface area contributed by atoms with Gasteiger partial charge < -0.3 is 4.74 Å². The Kier molecular flexibility index (Phi) is 3.12. The molecule has 2 unspecified atom stereocenters. The summed E-state index contributed by atoms with van der Waals surface area (Å²) in [7, 11) is 1.70. The molecule has 0 heterocycles. The fourth-order valence-corrected chi connectivity index (χ4v) is 4.04. The first-order valence-corrected chi connectivity index (χ1v) is 7.43. The smallest absolute Gasteiger partial charge is 0.146 e. The van der Waals surface area contributed by atoms with Crippen LogP contribution in [0.25, 0.3) is 0 Å². The molecule has 2 aliphatic carbocycles. The molecule has 2 aliphatic rings. The second-order valence-electron chi connectivity index (χ2n) is 5.97. The number of Topliss-reactive ketones (excluding diaryl/α,β-unsaturated/α-hetero) is 1. The summed E-state index contributed by atoms with van der Waals surface area (Å²) in [6, 6.07) is 6.31. The van der Waals surface area contributed by atoms with Crippen LogP contribution >= 0.6 is 0 Å². The highest BCUT2D eigenvalue weighted by Crippen LogP contribution is 2.47. The van der Waals surface area contributed by atoms with Crippen LogP contribution in [0.15, 0.2) is 18.2 Å². The summed E-state index contributed by atoms with van der Waals surface area (Å²) in [4.78, 5) is 12.9. The first-order valence-electron chi connectivity index (χ1n) is 7.43. The Bertz CT molecular complexity index is 506. The van der Waals surface area contributed by atoms with Crippen molar-refractivity contribution >= 4 is 5.78 Å². The summed E-state index contributed by atoms with van der Waals surface area (Å²) in [5, 5.41) is 0. The van der Waals surface area contributed by atoms with Gasteiger partial charge in [0.05, 0.1) is 12.5 Å². The highest BCUT2D eigenvalue weighted by molar-refractivity contribution is 5.94. The maximum Gasteiger partial charge on any atom is 0.146 e. The van der Waals surface area contributed by atoms with Crippen molar-refractivity contribution in [3.05, 3.63) is 29.3 Å². The van der Waals surface area contributed by atoms with Gasteiger partial charge in [0, 0.05) is 5.92 Å². The molecule has 1 aromatic rings. The summed E-state index contributed by atoms with van der Waals surface area (Å²) < 4.78 is 5.36. The highest BCUT2D eigenvalue weighted by atomic mass is 16.5. The Morgan fingerprint density at radius 3 is 2.95 bits per heavy atom. The molecule has 2 bridgehead atoms. The van der Waals surface area contributed by atoms with Crippen molar-refractivity contribution in [3.63, 3.8) is 0 Å². The lowest BCUT2D eigenvalue weighted by Gasteiger charge is -2.39. The van der Waals surface area contributed by atoms with E-state index in [9.17, 15) is 4.79 Å². The second kappa shape index (κ2) is 4.66. The van der Waals surface area contributed by atoms with Crippen LogP contribution in [0, 0.1) is 5.92 Å². The fourth-order valence-electron chi connectivity index (χ4n) is 4.04. The molecule has 2 heteroatoms. The molecule has 1 fully saturated rings. The Labute approximate surface area is 115 Å². The topological polar surface area (TPSA) is 26.3 Å². The molecule has 19 heavy (non-hydrogen) atoms. The number of hydrogen-bond acceptors (Lipinski definition) is 2. The molecule has 3 rings (SSSR count). The summed E-state index contributed by atoms with van der Waals surface area (Å²) >= 11 is 0. The van der Waals surface area contributed by atoms with Crippen molar-refractivity contribution in [1.29, 1.82) is 0 Å². The van der Waals surface area contributed by atoms with Gasteiger partial charge in [-0.05, 0) is 48.9 Å². The number of ether oxygens (including phenoxy) is 1. The average Bonchev–Trinajstić information content (AvgIpc) is 2.55.